The summed E-state index contributed by atoms with van der Waals surface area (Å²) >= 11 is 0. The first-order valence-electron chi connectivity index (χ1n) is 12.3. The van der Waals surface area contributed by atoms with Crippen LogP contribution < -0.4 is 15.1 Å². The van der Waals surface area contributed by atoms with Gasteiger partial charge in [0.2, 0.25) is 0 Å². The second kappa shape index (κ2) is 8.14. The fourth-order valence-electron chi connectivity index (χ4n) is 6.02. The van der Waals surface area contributed by atoms with Gasteiger partial charge in [-0.3, -0.25) is 4.79 Å². The second-order valence-electron chi connectivity index (χ2n) is 10.1. The van der Waals surface area contributed by atoms with Gasteiger partial charge in [0.15, 0.2) is 5.78 Å². The molecule has 1 aromatic carbocycles. The average Bonchev–Trinajstić information content (AvgIpc) is 3.48. The lowest BCUT2D eigenvalue weighted by atomic mass is 9.71. The number of nitrogens with one attached hydrogen (secondary N) is 1. The lowest BCUT2D eigenvalue weighted by molar-refractivity contribution is 0.101. The molecule has 1 saturated carbocycles. The molecule has 0 radical (unpaired) electrons. The van der Waals surface area contributed by atoms with Gasteiger partial charge >= 0.3 is 0 Å². The summed E-state index contributed by atoms with van der Waals surface area (Å²) in [4.78, 5) is 21.3. The molecule has 0 amide bonds. The van der Waals surface area contributed by atoms with Crippen molar-refractivity contribution < 1.29 is 4.79 Å². The van der Waals surface area contributed by atoms with E-state index < -0.39 is 0 Å². The summed E-state index contributed by atoms with van der Waals surface area (Å²) in [7, 11) is 0. The highest BCUT2D eigenvalue weighted by atomic mass is 16.1. The number of rotatable bonds is 4. The highest BCUT2D eigenvalue weighted by molar-refractivity contribution is 5.94. The minimum Gasteiger partial charge on any atom is -0.368 e. The Labute approximate surface area is 200 Å². The van der Waals surface area contributed by atoms with E-state index in [0.29, 0.717) is 17.1 Å². The van der Waals surface area contributed by atoms with Crippen LogP contribution in [-0.2, 0) is 0 Å². The average molecular weight is 455 g/mol. The van der Waals surface area contributed by atoms with Crippen LogP contribution in [0.4, 0.5) is 11.5 Å². The minimum absolute atomic E-state index is 0.0960. The van der Waals surface area contributed by atoms with Gasteiger partial charge in [-0.1, -0.05) is 0 Å². The van der Waals surface area contributed by atoms with Gasteiger partial charge in [0, 0.05) is 60.6 Å². The Bertz CT molecular complexity index is 1260. The van der Waals surface area contributed by atoms with Gasteiger partial charge in [-0.2, -0.15) is 5.26 Å². The lowest BCUT2D eigenvalue weighted by Crippen LogP contribution is -2.51. The maximum atomic E-state index is 11.6. The number of pyridine rings is 1. The van der Waals surface area contributed by atoms with E-state index in [4.69, 9.17) is 4.98 Å². The number of hydrogen-bond acceptors (Lipinski definition) is 6. The molecule has 2 aliphatic heterocycles. The number of carbonyl (C=O) groups is 1. The Balaban J connectivity index is 1.20. The number of aromatic nitrogens is 2. The SMILES string of the molecule is CC(=O)c1ccc(N2CCN(c3ccc4c(C#N)cn(C5CC6(CCCN6)C5)c4n3)CC2)cc1. The third kappa shape index (κ3) is 3.54. The molecule has 3 aromatic rings. The summed E-state index contributed by atoms with van der Waals surface area (Å²) in [5.41, 5.74) is 3.87. The molecule has 7 nitrogen and oxygen atoms in total. The number of carbonyl (C=O) groups excluding carboxylic acids is 1. The number of nitrogens with zero attached hydrogens (tertiary/aromatic N) is 5. The van der Waals surface area contributed by atoms with Gasteiger partial charge in [-0.05, 0) is 75.5 Å². The summed E-state index contributed by atoms with van der Waals surface area (Å²) in [5, 5.41) is 14.3. The van der Waals surface area contributed by atoms with Crippen molar-refractivity contribution in [2.75, 3.05) is 42.5 Å². The third-order valence-electron chi connectivity index (χ3n) is 8.00. The Kier molecular flexibility index (Phi) is 5.07. The molecule has 6 rings (SSSR count). The summed E-state index contributed by atoms with van der Waals surface area (Å²) < 4.78 is 2.26. The van der Waals surface area contributed by atoms with Crippen LogP contribution in [0.25, 0.3) is 11.0 Å². The molecule has 0 atom stereocenters. The number of Topliss-reactive ketones (excluding diaryl/α,β-unsaturated/α-hetero) is 1. The number of piperazine rings is 1. The Morgan fingerprint density at radius 3 is 2.47 bits per heavy atom. The zero-order valence-corrected chi connectivity index (χ0v) is 19.6. The smallest absolute Gasteiger partial charge is 0.159 e. The number of ketones is 1. The van der Waals surface area contributed by atoms with Crippen LogP contribution in [0.3, 0.4) is 0 Å². The van der Waals surface area contributed by atoms with Crippen molar-refractivity contribution in [3.8, 4) is 6.07 Å². The molecule has 34 heavy (non-hydrogen) atoms. The summed E-state index contributed by atoms with van der Waals surface area (Å²) in [6.45, 7) is 6.30. The number of hydrogen-bond donors (Lipinski definition) is 1. The van der Waals surface area contributed by atoms with E-state index in [1.807, 2.05) is 30.5 Å². The summed E-state index contributed by atoms with van der Waals surface area (Å²) in [5.74, 6) is 1.08. The number of fused-ring (bicyclic) bond motifs is 1. The Hall–Kier alpha value is -3.37. The maximum absolute atomic E-state index is 11.6. The van der Waals surface area contributed by atoms with Crippen LogP contribution >= 0.6 is 0 Å². The summed E-state index contributed by atoms with van der Waals surface area (Å²) in [6, 6.07) is 14.8. The van der Waals surface area contributed by atoms with Gasteiger partial charge in [0.25, 0.3) is 0 Å². The highest BCUT2D eigenvalue weighted by Crippen LogP contribution is 2.47. The largest absolute Gasteiger partial charge is 0.368 e. The van der Waals surface area contributed by atoms with E-state index in [0.717, 1.165) is 73.7 Å². The van der Waals surface area contributed by atoms with Crippen LogP contribution in [0.2, 0.25) is 0 Å². The predicted octanol–water partition coefficient (Wildman–Crippen LogP) is 3.89. The molecule has 2 aromatic heterocycles. The quantitative estimate of drug-likeness (QED) is 0.603. The number of anilines is 2. The highest BCUT2D eigenvalue weighted by Gasteiger charge is 2.46. The molecule has 3 aliphatic rings. The van der Waals surface area contributed by atoms with Gasteiger partial charge in [0.05, 0.1) is 5.56 Å². The van der Waals surface area contributed by atoms with Gasteiger partial charge in [-0.15, -0.1) is 0 Å². The molecular weight excluding hydrogens is 424 g/mol. The molecule has 174 valence electrons. The monoisotopic (exact) mass is 454 g/mol. The van der Waals surface area contributed by atoms with Crippen LogP contribution in [-0.4, -0.2) is 53.6 Å². The molecule has 1 aliphatic carbocycles. The van der Waals surface area contributed by atoms with Crippen molar-refractivity contribution in [2.24, 2.45) is 0 Å². The molecule has 3 fully saturated rings. The van der Waals surface area contributed by atoms with E-state index in [2.05, 4.69) is 37.9 Å². The molecule has 7 heteroatoms. The first-order chi connectivity index (χ1) is 16.5. The van der Waals surface area contributed by atoms with Crippen molar-refractivity contribution in [2.45, 2.75) is 44.2 Å². The van der Waals surface area contributed by atoms with E-state index in [-0.39, 0.29) is 5.78 Å². The first-order valence-corrected chi connectivity index (χ1v) is 12.3. The van der Waals surface area contributed by atoms with E-state index in [1.54, 1.807) is 6.92 Å². The van der Waals surface area contributed by atoms with E-state index >= 15 is 0 Å². The zero-order chi connectivity index (χ0) is 23.3. The topological polar surface area (TPSA) is 77.2 Å². The molecule has 0 unspecified atom stereocenters. The Morgan fingerprint density at radius 2 is 1.82 bits per heavy atom. The van der Waals surface area contributed by atoms with Crippen molar-refractivity contribution >= 4 is 28.3 Å². The first kappa shape index (κ1) is 21.2. The van der Waals surface area contributed by atoms with Crippen molar-refractivity contribution in [3.05, 3.63) is 53.7 Å². The molecule has 2 saturated heterocycles. The standard InChI is InChI=1S/C27H30N6O/c1-19(34)20-3-5-22(6-4-20)31-11-13-32(14-12-31)25-8-7-24-21(17-28)18-33(26(24)30-25)23-15-27(16-23)9-2-10-29-27/h3-8,18,23,29H,2,9-16H2,1H3. The molecule has 1 spiro atoms. The molecule has 4 heterocycles. The van der Waals surface area contributed by atoms with Crippen molar-refractivity contribution in [1.82, 2.24) is 14.9 Å². The van der Waals surface area contributed by atoms with Gasteiger partial charge < -0.3 is 19.7 Å². The minimum atomic E-state index is 0.0960. The van der Waals surface area contributed by atoms with Crippen molar-refractivity contribution in [3.63, 3.8) is 0 Å². The molecular formula is C27H30N6O. The zero-order valence-electron chi connectivity index (χ0n) is 19.6. The van der Waals surface area contributed by atoms with Gasteiger partial charge in [-0.25, -0.2) is 4.98 Å². The third-order valence-corrected chi connectivity index (χ3v) is 8.00. The number of nitriles is 1. The summed E-state index contributed by atoms with van der Waals surface area (Å²) in [6.07, 6.45) is 6.77. The van der Waals surface area contributed by atoms with E-state index in [1.165, 1.54) is 12.8 Å². The fourth-order valence-corrected chi connectivity index (χ4v) is 6.02. The predicted molar refractivity (Wildman–Crippen MR) is 134 cm³/mol. The molecule has 0 bridgehead atoms. The fraction of sp³-hybridized carbons (Fsp3) is 0.444. The lowest BCUT2D eigenvalue weighted by Gasteiger charge is -2.46. The molecule has 1 N–H and O–H groups in total. The van der Waals surface area contributed by atoms with Crippen LogP contribution in [0.15, 0.2) is 42.6 Å². The van der Waals surface area contributed by atoms with Crippen LogP contribution in [0, 0.1) is 11.3 Å². The Morgan fingerprint density at radius 1 is 1.09 bits per heavy atom. The van der Waals surface area contributed by atoms with E-state index in [9.17, 15) is 10.1 Å². The number of benzene rings is 1. The van der Waals surface area contributed by atoms with Crippen LogP contribution in [0.5, 0.6) is 0 Å². The van der Waals surface area contributed by atoms with Crippen LogP contribution in [0.1, 0.15) is 54.6 Å². The second-order valence-corrected chi connectivity index (χ2v) is 10.1. The maximum Gasteiger partial charge on any atom is 0.159 e. The van der Waals surface area contributed by atoms with Crippen molar-refractivity contribution in [1.29, 1.82) is 5.26 Å². The van der Waals surface area contributed by atoms with Gasteiger partial charge in [0.1, 0.15) is 17.5 Å². The normalized spacial score (nSPS) is 24.4.